The SMILES string of the molecule is C=CCOC(=O)C1C(=O)CC(C)(O)C(C(=O)OCC=C)C1c1cccc(O)c1. The van der Waals surface area contributed by atoms with Gasteiger partial charge in [0.05, 0.1) is 11.5 Å². The fourth-order valence-electron chi connectivity index (χ4n) is 3.61. The molecule has 0 spiro atoms. The predicted molar refractivity (Wildman–Crippen MR) is 100 cm³/mol. The van der Waals surface area contributed by atoms with Crippen LogP contribution in [0.15, 0.2) is 49.6 Å². The normalized spacial score (nSPS) is 26.9. The van der Waals surface area contributed by atoms with Crippen molar-refractivity contribution in [2.75, 3.05) is 13.2 Å². The molecule has 150 valence electrons. The first kappa shape index (κ1) is 21.4. The van der Waals surface area contributed by atoms with Crippen LogP contribution in [0.2, 0.25) is 0 Å². The quantitative estimate of drug-likeness (QED) is 0.417. The van der Waals surface area contributed by atoms with Crippen LogP contribution in [0.5, 0.6) is 5.75 Å². The van der Waals surface area contributed by atoms with E-state index in [0.717, 1.165) is 0 Å². The molecule has 4 atom stereocenters. The number of ether oxygens (including phenoxy) is 2. The number of benzene rings is 1. The summed E-state index contributed by atoms with van der Waals surface area (Å²) >= 11 is 0. The Kier molecular flexibility index (Phi) is 6.75. The van der Waals surface area contributed by atoms with Crippen LogP contribution >= 0.6 is 0 Å². The molecule has 0 radical (unpaired) electrons. The van der Waals surface area contributed by atoms with Crippen molar-refractivity contribution in [3.63, 3.8) is 0 Å². The maximum Gasteiger partial charge on any atom is 0.317 e. The summed E-state index contributed by atoms with van der Waals surface area (Å²) in [7, 11) is 0. The first-order valence-electron chi connectivity index (χ1n) is 8.82. The Bertz CT molecular complexity index is 781. The van der Waals surface area contributed by atoms with E-state index in [9.17, 15) is 24.6 Å². The minimum absolute atomic E-state index is 0.0856. The lowest BCUT2D eigenvalue weighted by molar-refractivity contribution is -0.172. The van der Waals surface area contributed by atoms with Gasteiger partial charge in [0, 0.05) is 12.3 Å². The third kappa shape index (κ3) is 4.48. The molecule has 0 bridgehead atoms. The van der Waals surface area contributed by atoms with Gasteiger partial charge in [0.25, 0.3) is 0 Å². The minimum Gasteiger partial charge on any atom is -0.508 e. The molecule has 0 saturated heterocycles. The molecule has 0 aromatic heterocycles. The number of carbonyl (C=O) groups excluding carboxylic acids is 3. The fourth-order valence-corrected chi connectivity index (χ4v) is 3.61. The van der Waals surface area contributed by atoms with Crippen molar-refractivity contribution in [3.8, 4) is 5.75 Å². The third-order valence-electron chi connectivity index (χ3n) is 4.72. The molecule has 0 aliphatic heterocycles. The minimum atomic E-state index is -1.75. The van der Waals surface area contributed by atoms with Crippen molar-refractivity contribution in [1.82, 2.24) is 0 Å². The first-order chi connectivity index (χ1) is 13.2. The van der Waals surface area contributed by atoms with Gasteiger partial charge in [-0.2, -0.15) is 0 Å². The standard InChI is InChI=1S/C21H24O7/c1-4-9-27-19(24)17-15(23)12-21(3,26)18(20(25)28-10-5-2)16(17)13-7-6-8-14(22)11-13/h4-8,11,16-18,22,26H,1-2,9-10,12H2,3H3. The number of ketones is 1. The highest BCUT2D eigenvalue weighted by molar-refractivity contribution is 6.02. The largest absolute Gasteiger partial charge is 0.508 e. The Morgan fingerprint density at radius 3 is 2.39 bits per heavy atom. The van der Waals surface area contributed by atoms with Crippen LogP contribution in [0.1, 0.15) is 24.8 Å². The van der Waals surface area contributed by atoms with Gasteiger partial charge in [0.1, 0.15) is 24.9 Å². The fraction of sp³-hybridized carbons (Fsp3) is 0.381. The van der Waals surface area contributed by atoms with Gasteiger partial charge in [-0.15, -0.1) is 0 Å². The van der Waals surface area contributed by atoms with Gasteiger partial charge in [-0.25, -0.2) is 0 Å². The molecular formula is C21H24O7. The summed E-state index contributed by atoms with van der Waals surface area (Å²) < 4.78 is 10.2. The molecule has 7 nitrogen and oxygen atoms in total. The molecule has 2 N–H and O–H groups in total. The lowest BCUT2D eigenvalue weighted by atomic mass is 9.61. The second-order valence-corrected chi connectivity index (χ2v) is 6.91. The second kappa shape index (κ2) is 8.84. The van der Waals surface area contributed by atoms with E-state index in [-0.39, 0.29) is 19.0 Å². The van der Waals surface area contributed by atoms with E-state index < -0.39 is 47.5 Å². The van der Waals surface area contributed by atoms with Gasteiger partial charge in [-0.1, -0.05) is 37.4 Å². The van der Waals surface area contributed by atoms with E-state index in [1.165, 1.54) is 37.3 Å². The molecule has 1 aromatic carbocycles. The third-order valence-corrected chi connectivity index (χ3v) is 4.72. The Balaban J connectivity index is 2.58. The maximum atomic E-state index is 12.8. The number of rotatable bonds is 7. The smallest absolute Gasteiger partial charge is 0.317 e. The van der Waals surface area contributed by atoms with Gasteiger partial charge in [0.15, 0.2) is 5.78 Å². The van der Waals surface area contributed by atoms with E-state index in [2.05, 4.69) is 13.2 Å². The zero-order valence-corrected chi connectivity index (χ0v) is 15.7. The molecule has 1 saturated carbocycles. The van der Waals surface area contributed by atoms with E-state index in [1.54, 1.807) is 6.07 Å². The van der Waals surface area contributed by atoms with Crippen LogP contribution in [0.3, 0.4) is 0 Å². The van der Waals surface area contributed by atoms with Crippen LogP contribution in [-0.4, -0.2) is 46.7 Å². The molecular weight excluding hydrogens is 364 g/mol. The number of phenolic OH excluding ortho intramolecular Hbond substituents is 1. The summed E-state index contributed by atoms with van der Waals surface area (Å²) in [6, 6.07) is 5.86. The zero-order valence-electron chi connectivity index (χ0n) is 15.7. The van der Waals surface area contributed by atoms with Crippen molar-refractivity contribution in [2.45, 2.75) is 24.9 Å². The van der Waals surface area contributed by atoms with E-state index in [0.29, 0.717) is 5.56 Å². The second-order valence-electron chi connectivity index (χ2n) is 6.91. The topological polar surface area (TPSA) is 110 Å². The number of hydrogen-bond acceptors (Lipinski definition) is 7. The Morgan fingerprint density at radius 2 is 1.82 bits per heavy atom. The van der Waals surface area contributed by atoms with Crippen LogP contribution in [0, 0.1) is 11.8 Å². The number of aromatic hydroxyl groups is 1. The van der Waals surface area contributed by atoms with Gasteiger partial charge in [-0.05, 0) is 24.6 Å². The summed E-state index contributed by atoms with van der Waals surface area (Å²) in [5.41, 5.74) is -1.41. The molecule has 0 heterocycles. The molecule has 1 aliphatic carbocycles. The zero-order chi connectivity index (χ0) is 20.9. The molecule has 4 unspecified atom stereocenters. The number of carbonyl (C=O) groups is 3. The molecule has 0 amide bonds. The van der Waals surface area contributed by atoms with Crippen molar-refractivity contribution in [2.24, 2.45) is 11.8 Å². The molecule has 28 heavy (non-hydrogen) atoms. The van der Waals surface area contributed by atoms with E-state index >= 15 is 0 Å². The van der Waals surface area contributed by atoms with Crippen LogP contribution in [0.4, 0.5) is 0 Å². The Morgan fingerprint density at radius 1 is 1.21 bits per heavy atom. The maximum absolute atomic E-state index is 12.8. The van der Waals surface area contributed by atoms with Gasteiger partial charge >= 0.3 is 11.9 Å². The number of Topliss-reactive ketones (excluding diaryl/α,β-unsaturated/α-hetero) is 1. The predicted octanol–water partition coefficient (Wildman–Crippen LogP) is 1.89. The highest BCUT2D eigenvalue weighted by Crippen LogP contribution is 2.47. The molecule has 2 rings (SSSR count). The van der Waals surface area contributed by atoms with Crippen LogP contribution in [0.25, 0.3) is 0 Å². The number of phenols is 1. The van der Waals surface area contributed by atoms with Gasteiger partial charge in [-0.3, -0.25) is 14.4 Å². The summed E-state index contributed by atoms with van der Waals surface area (Å²) in [5, 5.41) is 20.7. The van der Waals surface area contributed by atoms with E-state index in [1.807, 2.05) is 0 Å². The lowest BCUT2D eigenvalue weighted by Crippen LogP contribution is -2.55. The average Bonchev–Trinajstić information content (AvgIpc) is 2.62. The first-order valence-corrected chi connectivity index (χ1v) is 8.82. The highest BCUT2D eigenvalue weighted by Gasteiger charge is 2.57. The number of esters is 2. The van der Waals surface area contributed by atoms with Crippen LogP contribution in [-0.2, 0) is 23.9 Å². The number of hydrogen-bond donors (Lipinski definition) is 2. The van der Waals surface area contributed by atoms with Crippen molar-refractivity contribution >= 4 is 17.7 Å². The number of aliphatic hydroxyl groups is 1. The summed E-state index contributed by atoms with van der Waals surface area (Å²) in [6.07, 6.45) is 2.32. The summed E-state index contributed by atoms with van der Waals surface area (Å²) in [5.74, 6) is -5.89. The van der Waals surface area contributed by atoms with Crippen molar-refractivity contribution < 1.29 is 34.1 Å². The lowest BCUT2D eigenvalue weighted by Gasteiger charge is -2.43. The highest BCUT2D eigenvalue weighted by atomic mass is 16.5. The molecule has 1 fully saturated rings. The average molecular weight is 388 g/mol. The summed E-state index contributed by atoms with van der Waals surface area (Å²) in [4.78, 5) is 38.1. The molecule has 1 aromatic rings. The monoisotopic (exact) mass is 388 g/mol. The van der Waals surface area contributed by atoms with Gasteiger partial charge in [0.2, 0.25) is 0 Å². The molecule has 7 heteroatoms. The Hall–Kier alpha value is -2.93. The Labute approximate surface area is 163 Å². The van der Waals surface area contributed by atoms with E-state index in [4.69, 9.17) is 9.47 Å². The molecule has 1 aliphatic rings. The van der Waals surface area contributed by atoms with Crippen LogP contribution < -0.4 is 0 Å². The van der Waals surface area contributed by atoms with Crippen molar-refractivity contribution in [1.29, 1.82) is 0 Å². The summed E-state index contributed by atoms with van der Waals surface area (Å²) in [6.45, 7) is 8.12. The van der Waals surface area contributed by atoms with Gasteiger partial charge < -0.3 is 19.7 Å². The van der Waals surface area contributed by atoms with Crippen molar-refractivity contribution in [3.05, 3.63) is 55.1 Å².